The Bertz CT molecular complexity index is 503. The second-order valence-corrected chi connectivity index (χ2v) is 4.10. The molecular formula is C12H15N4O2+. The normalized spacial score (nSPS) is 15.1. The fraction of sp³-hybridized carbons (Fsp3) is 0.417. The molecule has 2 rings (SSSR count). The summed E-state index contributed by atoms with van der Waals surface area (Å²) in [6, 6.07) is 5.18. The largest absolute Gasteiger partial charge is 0.378 e. The molecule has 1 aromatic carbocycles. The Morgan fingerprint density at radius 2 is 2.17 bits per heavy atom. The molecule has 1 aromatic rings. The van der Waals surface area contributed by atoms with Crippen LogP contribution in [-0.4, -0.2) is 37.1 Å². The smallest absolute Gasteiger partial charge is 0.254 e. The lowest BCUT2D eigenvalue weighted by Gasteiger charge is -2.27. The van der Waals surface area contributed by atoms with Crippen molar-refractivity contribution in [1.29, 1.82) is 5.53 Å². The zero-order chi connectivity index (χ0) is 13.0. The van der Waals surface area contributed by atoms with Crippen LogP contribution in [0.5, 0.6) is 0 Å². The van der Waals surface area contributed by atoms with Gasteiger partial charge in [-0.15, -0.1) is 0 Å². The van der Waals surface area contributed by atoms with Gasteiger partial charge in [-0.3, -0.25) is 4.79 Å². The van der Waals surface area contributed by atoms with Crippen LogP contribution in [0.1, 0.15) is 15.9 Å². The van der Waals surface area contributed by atoms with E-state index in [4.69, 9.17) is 10.3 Å². The Labute approximate surface area is 105 Å². The van der Waals surface area contributed by atoms with E-state index in [0.717, 1.165) is 5.56 Å². The first kappa shape index (κ1) is 12.4. The Morgan fingerprint density at radius 1 is 1.44 bits per heavy atom. The molecule has 1 fully saturated rings. The highest BCUT2D eigenvalue weighted by molar-refractivity contribution is 5.96. The molecule has 1 amide bonds. The fourth-order valence-electron chi connectivity index (χ4n) is 1.94. The highest BCUT2D eigenvalue weighted by Crippen LogP contribution is 2.19. The predicted octanol–water partition coefficient (Wildman–Crippen LogP) is 1.65. The third-order valence-corrected chi connectivity index (χ3v) is 2.90. The van der Waals surface area contributed by atoms with E-state index in [1.54, 1.807) is 23.1 Å². The van der Waals surface area contributed by atoms with Gasteiger partial charge in [-0.2, -0.15) is 0 Å². The predicted molar refractivity (Wildman–Crippen MR) is 64.8 cm³/mol. The van der Waals surface area contributed by atoms with Crippen molar-refractivity contribution in [1.82, 2.24) is 9.81 Å². The lowest BCUT2D eigenvalue weighted by atomic mass is 10.1. The summed E-state index contributed by atoms with van der Waals surface area (Å²) in [5, 5.41) is 3.63. The van der Waals surface area contributed by atoms with Gasteiger partial charge < -0.3 is 9.64 Å². The molecule has 1 saturated heterocycles. The van der Waals surface area contributed by atoms with Crippen molar-refractivity contribution < 1.29 is 9.53 Å². The number of rotatable bonds is 2. The van der Waals surface area contributed by atoms with Crippen molar-refractivity contribution in [2.75, 3.05) is 26.3 Å². The number of carbonyl (C=O) groups excluding carboxylic acids is 1. The summed E-state index contributed by atoms with van der Waals surface area (Å²) in [5.41, 5.74) is 8.77. The third-order valence-electron chi connectivity index (χ3n) is 2.90. The van der Waals surface area contributed by atoms with Crippen LogP contribution in [0.25, 0.3) is 0 Å². The minimum absolute atomic E-state index is 0.0187. The molecule has 6 nitrogen and oxygen atoms in total. The first-order valence-electron chi connectivity index (χ1n) is 5.77. The summed E-state index contributed by atoms with van der Waals surface area (Å²) < 4.78 is 5.22. The van der Waals surface area contributed by atoms with Gasteiger partial charge in [-0.25, -0.2) is 0 Å². The van der Waals surface area contributed by atoms with Crippen molar-refractivity contribution in [3.63, 3.8) is 0 Å². The van der Waals surface area contributed by atoms with Crippen LogP contribution in [0.3, 0.4) is 0 Å². The number of benzene rings is 1. The van der Waals surface area contributed by atoms with Gasteiger partial charge >= 0.3 is 0 Å². The fourth-order valence-corrected chi connectivity index (χ4v) is 1.94. The summed E-state index contributed by atoms with van der Waals surface area (Å²) in [4.78, 5) is 17.0. The maximum absolute atomic E-state index is 12.3. The van der Waals surface area contributed by atoms with Gasteiger partial charge in [-0.1, -0.05) is 0 Å². The van der Waals surface area contributed by atoms with Crippen LogP contribution in [0.4, 0.5) is 5.69 Å². The summed E-state index contributed by atoms with van der Waals surface area (Å²) in [6.45, 7) is 4.31. The lowest BCUT2D eigenvalue weighted by Crippen LogP contribution is -2.40. The van der Waals surface area contributed by atoms with E-state index in [1.807, 2.05) is 6.92 Å². The van der Waals surface area contributed by atoms with E-state index in [9.17, 15) is 4.79 Å². The monoisotopic (exact) mass is 247 g/mol. The Hall–Kier alpha value is -2.04. The van der Waals surface area contributed by atoms with Crippen LogP contribution in [0.15, 0.2) is 23.3 Å². The minimum atomic E-state index is 0.0187. The van der Waals surface area contributed by atoms with Crippen molar-refractivity contribution in [2.45, 2.75) is 6.92 Å². The highest BCUT2D eigenvalue weighted by Gasteiger charge is 2.20. The van der Waals surface area contributed by atoms with Crippen LogP contribution in [-0.2, 0) is 4.74 Å². The second kappa shape index (κ2) is 5.53. The molecule has 1 N–H and O–H groups in total. The average Bonchev–Trinajstić information content (AvgIpc) is 2.40. The van der Waals surface area contributed by atoms with Crippen molar-refractivity contribution >= 4 is 11.6 Å². The second-order valence-electron chi connectivity index (χ2n) is 4.10. The Morgan fingerprint density at radius 3 is 2.78 bits per heavy atom. The Balaban J connectivity index is 2.22. The molecule has 0 spiro atoms. The van der Waals surface area contributed by atoms with Gasteiger partial charge in [0.15, 0.2) is 10.8 Å². The molecule has 1 aliphatic rings. The quantitative estimate of drug-likeness (QED) is 0.637. The maximum Gasteiger partial charge on any atom is 0.254 e. The molecule has 0 radical (unpaired) electrons. The molecule has 0 unspecified atom stereocenters. The topological polar surface area (TPSA) is 79.8 Å². The first-order valence-corrected chi connectivity index (χ1v) is 5.77. The molecule has 0 bridgehead atoms. The number of carbonyl (C=O) groups is 1. The van der Waals surface area contributed by atoms with Gasteiger partial charge in [0.1, 0.15) is 5.53 Å². The van der Waals surface area contributed by atoms with Gasteiger partial charge in [-0.05, 0) is 30.7 Å². The number of nitrogens with zero attached hydrogens (tertiary/aromatic N) is 3. The number of morpholine rings is 1. The van der Waals surface area contributed by atoms with Gasteiger partial charge in [0.2, 0.25) is 4.91 Å². The van der Waals surface area contributed by atoms with Gasteiger partial charge in [0.25, 0.3) is 5.91 Å². The minimum Gasteiger partial charge on any atom is -0.378 e. The first-order chi connectivity index (χ1) is 8.72. The molecule has 0 aromatic heterocycles. The van der Waals surface area contributed by atoms with Crippen LogP contribution in [0.2, 0.25) is 0 Å². The van der Waals surface area contributed by atoms with E-state index in [2.05, 4.69) is 10.0 Å². The number of aryl methyl sites for hydroxylation is 1. The number of amides is 1. The number of hydrogen-bond donors (Lipinski definition) is 1. The van der Waals surface area contributed by atoms with Gasteiger partial charge in [0, 0.05) is 18.7 Å². The molecular weight excluding hydrogens is 232 g/mol. The molecule has 94 valence electrons. The standard InChI is InChI=1S/C12H15N4O2/c1-9-8-10(14-15-13)2-3-11(9)12(17)16-4-6-18-7-5-16/h2-3,8,13H,4-7H2,1H3/q+1. The molecule has 1 heterocycles. The van der Waals surface area contributed by atoms with Crippen LogP contribution >= 0.6 is 0 Å². The van der Waals surface area contributed by atoms with E-state index in [0.29, 0.717) is 37.6 Å². The van der Waals surface area contributed by atoms with E-state index in [1.165, 1.54) is 0 Å². The molecule has 6 heteroatoms. The molecule has 0 saturated carbocycles. The van der Waals surface area contributed by atoms with E-state index < -0.39 is 0 Å². The number of ether oxygens (including phenoxy) is 1. The molecule has 18 heavy (non-hydrogen) atoms. The zero-order valence-electron chi connectivity index (χ0n) is 10.2. The average molecular weight is 247 g/mol. The van der Waals surface area contributed by atoms with Crippen LogP contribution < -0.4 is 4.91 Å². The summed E-state index contributed by atoms with van der Waals surface area (Å²) in [5.74, 6) is 0.0187. The SMILES string of the molecule is Cc1cc(N=[N+]=N)ccc1C(=O)N1CCOCC1. The lowest BCUT2D eigenvalue weighted by molar-refractivity contribution is 0.0302. The summed E-state index contributed by atoms with van der Waals surface area (Å²) >= 11 is 0. The maximum atomic E-state index is 12.3. The molecule has 0 atom stereocenters. The third kappa shape index (κ3) is 2.61. The number of hydrogen-bond acceptors (Lipinski definition) is 4. The zero-order valence-corrected chi connectivity index (χ0v) is 10.2. The summed E-state index contributed by atoms with van der Waals surface area (Å²) in [7, 11) is 0. The van der Waals surface area contributed by atoms with E-state index >= 15 is 0 Å². The van der Waals surface area contributed by atoms with Gasteiger partial charge in [0.05, 0.1) is 13.2 Å². The molecule has 0 aliphatic carbocycles. The van der Waals surface area contributed by atoms with Crippen molar-refractivity contribution in [3.8, 4) is 0 Å². The molecule has 1 aliphatic heterocycles. The van der Waals surface area contributed by atoms with Crippen molar-refractivity contribution in [2.24, 2.45) is 5.11 Å². The Kier molecular flexibility index (Phi) is 3.82. The van der Waals surface area contributed by atoms with E-state index in [-0.39, 0.29) is 5.91 Å². The van der Waals surface area contributed by atoms with Crippen LogP contribution in [0, 0.1) is 12.5 Å². The summed E-state index contributed by atoms with van der Waals surface area (Å²) in [6.07, 6.45) is 0. The highest BCUT2D eigenvalue weighted by atomic mass is 16.5. The van der Waals surface area contributed by atoms with Crippen molar-refractivity contribution in [3.05, 3.63) is 29.3 Å². The number of nitrogens with one attached hydrogen (secondary N) is 1.